The van der Waals surface area contributed by atoms with Crippen LogP contribution in [0.3, 0.4) is 0 Å². The van der Waals surface area contributed by atoms with Crippen molar-refractivity contribution in [3.63, 3.8) is 0 Å². The maximum atomic E-state index is 12.5. The third kappa shape index (κ3) is 2.78. The lowest BCUT2D eigenvalue weighted by Gasteiger charge is -2.07. The Morgan fingerprint density at radius 3 is 2.37 bits per heavy atom. The highest BCUT2D eigenvalue weighted by Crippen LogP contribution is 2.19. The number of hydrogen-bond acceptors (Lipinski definition) is 2. The van der Waals surface area contributed by atoms with Crippen LogP contribution in [0, 0.1) is 0 Å². The first kappa shape index (κ1) is 13.6. The van der Waals surface area contributed by atoms with Gasteiger partial charge in [-0.1, -0.05) is 32.9 Å². The number of furan rings is 1. The highest BCUT2D eigenvalue weighted by atomic mass is 16.3. The Balaban J connectivity index is 2.41. The maximum absolute atomic E-state index is 12.5. The Bertz CT molecular complexity index is 579. The predicted molar refractivity (Wildman–Crippen MR) is 76.7 cm³/mol. The van der Waals surface area contributed by atoms with Gasteiger partial charge < -0.3 is 4.42 Å². The second kappa shape index (κ2) is 5.87. The molecule has 0 aliphatic heterocycles. The smallest absolute Gasteiger partial charge is 0.228 e. The Kier molecular flexibility index (Phi) is 4.20. The third-order valence-corrected chi connectivity index (χ3v) is 3.44. The van der Waals surface area contributed by atoms with E-state index in [0.717, 1.165) is 36.1 Å². The van der Waals surface area contributed by atoms with Crippen LogP contribution in [-0.2, 0) is 19.3 Å². The molecule has 0 aliphatic rings. The lowest BCUT2D eigenvalue weighted by atomic mass is 9.97. The Hall–Kier alpha value is -1.83. The van der Waals surface area contributed by atoms with E-state index in [-0.39, 0.29) is 5.78 Å². The number of carbonyl (C=O) groups is 1. The normalized spacial score (nSPS) is 10.7. The van der Waals surface area contributed by atoms with Gasteiger partial charge in [-0.3, -0.25) is 4.79 Å². The van der Waals surface area contributed by atoms with E-state index < -0.39 is 0 Å². The molecule has 2 rings (SSSR count). The van der Waals surface area contributed by atoms with Gasteiger partial charge in [0.25, 0.3) is 0 Å². The summed E-state index contributed by atoms with van der Waals surface area (Å²) in [6.07, 6.45) is 2.60. The average Bonchev–Trinajstić information content (AvgIpc) is 2.94. The largest absolute Gasteiger partial charge is 0.458 e. The minimum Gasteiger partial charge on any atom is -0.458 e. The van der Waals surface area contributed by atoms with Gasteiger partial charge >= 0.3 is 0 Å². The van der Waals surface area contributed by atoms with Crippen molar-refractivity contribution in [2.24, 2.45) is 0 Å². The summed E-state index contributed by atoms with van der Waals surface area (Å²) in [6.45, 7) is 6.18. The highest BCUT2D eigenvalue weighted by molar-refractivity contribution is 6.08. The second-order valence-electron chi connectivity index (χ2n) is 4.65. The fraction of sp³-hybridized carbons (Fsp3) is 0.353. The van der Waals surface area contributed by atoms with Gasteiger partial charge in [0, 0.05) is 12.0 Å². The van der Waals surface area contributed by atoms with Crippen LogP contribution in [0.5, 0.6) is 0 Å². The first-order chi connectivity index (χ1) is 9.19. The maximum Gasteiger partial charge on any atom is 0.228 e. The molecule has 0 saturated carbocycles. The van der Waals surface area contributed by atoms with Crippen LogP contribution in [0.4, 0.5) is 0 Å². The van der Waals surface area contributed by atoms with Crippen molar-refractivity contribution >= 4 is 5.78 Å². The van der Waals surface area contributed by atoms with Crippen LogP contribution in [0.15, 0.2) is 34.7 Å². The molecule has 0 unspecified atom stereocenters. The molecule has 1 aromatic carbocycles. The van der Waals surface area contributed by atoms with E-state index in [2.05, 4.69) is 26.0 Å². The summed E-state index contributed by atoms with van der Waals surface area (Å²) in [7, 11) is 0. The molecule has 1 aromatic heterocycles. The summed E-state index contributed by atoms with van der Waals surface area (Å²) in [5.41, 5.74) is 3.04. The molecule has 1 heterocycles. The van der Waals surface area contributed by atoms with Gasteiger partial charge in [0.15, 0.2) is 5.76 Å². The summed E-state index contributed by atoms with van der Waals surface area (Å²) in [6, 6.07) is 9.79. The first-order valence-corrected chi connectivity index (χ1v) is 6.94. The van der Waals surface area contributed by atoms with E-state index in [9.17, 15) is 4.79 Å². The zero-order valence-corrected chi connectivity index (χ0v) is 11.8. The molecule has 100 valence electrons. The minimum atomic E-state index is -0.00755. The lowest BCUT2D eigenvalue weighted by Crippen LogP contribution is -2.05. The van der Waals surface area contributed by atoms with E-state index in [0.29, 0.717) is 5.76 Å². The lowest BCUT2D eigenvalue weighted by molar-refractivity contribution is 0.101. The number of ketones is 1. The molecule has 0 spiro atoms. The Morgan fingerprint density at radius 2 is 1.79 bits per heavy atom. The van der Waals surface area contributed by atoms with Gasteiger partial charge in [0.1, 0.15) is 5.76 Å². The van der Waals surface area contributed by atoms with Crippen LogP contribution in [0.2, 0.25) is 0 Å². The first-order valence-electron chi connectivity index (χ1n) is 6.94. The predicted octanol–water partition coefficient (Wildman–Crippen LogP) is 4.20. The molecule has 0 N–H and O–H groups in total. The summed E-state index contributed by atoms with van der Waals surface area (Å²) in [4.78, 5) is 12.5. The monoisotopic (exact) mass is 256 g/mol. The van der Waals surface area contributed by atoms with Crippen LogP contribution in [0.25, 0.3) is 0 Å². The van der Waals surface area contributed by atoms with E-state index in [1.165, 1.54) is 5.56 Å². The molecule has 0 bridgehead atoms. The van der Waals surface area contributed by atoms with Crippen LogP contribution >= 0.6 is 0 Å². The van der Waals surface area contributed by atoms with E-state index in [1.54, 1.807) is 6.07 Å². The number of benzene rings is 1. The molecule has 0 atom stereocenters. The third-order valence-electron chi connectivity index (χ3n) is 3.44. The van der Waals surface area contributed by atoms with Gasteiger partial charge in [-0.2, -0.15) is 0 Å². The van der Waals surface area contributed by atoms with Crippen LogP contribution < -0.4 is 0 Å². The molecule has 0 fully saturated rings. The molecule has 19 heavy (non-hydrogen) atoms. The molecule has 2 heteroatoms. The van der Waals surface area contributed by atoms with Crippen molar-refractivity contribution in [1.82, 2.24) is 0 Å². The van der Waals surface area contributed by atoms with E-state index >= 15 is 0 Å². The number of rotatable bonds is 5. The van der Waals surface area contributed by atoms with Gasteiger partial charge in [0.05, 0.1) is 0 Å². The topological polar surface area (TPSA) is 30.2 Å². The van der Waals surface area contributed by atoms with Gasteiger partial charge in [-0.05, 0) is 42.2 Å². The van der Waals surface area contributed by atoms with E-state index in [1.807, 2.05) is 19.1 Å². The van der Waals surface area contributed by atoms with Gasteiger partial charge in [-0.25, -0.2) is 0 Å². The van der Waals surface area contributed by atoms with Gasteiger partial charge in [-0.15, -0.1) is 0 Å². The molecule has 0 radical (unpaired) electrons. The van der Waals surface area contributed by atoms with E-state index in [4.69, 9.17) is 4.42 Å². The number of hydrogen-bond donors (Lipinski definition) is 0. The van der Waals surface area contributed by atoms with Crippen molar-refractivity contribution < 1.29 is 9.21 Å². The summed E-state index contributed by atoms with van der Waals surface area (Å²) >= 11 is 0. The van der Waals surface area contributed by atoms with Crippen LogP contribution in [0.1, 0.15) is 53.8 Å². The molecule has 0 aliphatic carbocycles. The minimum absolute atomic E-state index is 0.00755. The van der Waals surface area contributed by atoms with Crippen molar-refractivity contribution in [1.29, 1.82) is 0 Å². The molecular formula is C17H20O2. The zero-order chi connectivity index (χ0) is 13.8. The van der Waals surface area contributed by atoms with Crippen LogP contribution in [-0.4, -0.2) is 5.78 Å². The molecule has 2 aromatic rings. The zero-order valence-electron chi connectivity index (χ0n) is 11.8. The fourth-order valence-corrected chi connectivity index (χ4v) is 2.19. The Labute approximate surface area is 114 Å². The quantitative estimate of drug-likeness (QED) is 0.750. The van der Waals surface area contributed by atoms with Crippen molar-refractivity contribution in [3.05, 3.63) is 58.5 Å². The summed E-state index contributed by atoms with van der Waals surface area (Å²) < 4.78 is 5.57. The fourth-order valence-electron chi connectivity index (χ4n) is 2.19. The van der Waals surface area contributed by atoms with Crippen molar-refractivity contribution in [2.75, 3.05) is 0 Å². The summed E-state index contributed by atoms with van der Waals surface area (Å²) in [5, 5.41) is 0. The highest BCUT2D eigenvalue weighted by Gasteiger charge is 2.16. The number of carbonyl (C=O) groups excluding carboxylic acids is 1. The standard InChI is InChI=1S/C17H20O2/c1-4-12-7-8-13(5-2)15(11-12)17(18)16-10-9-14(6-3)19-16/h7-11H,4-6H2,1-3H3. The SMILES string of the molecule is CCc1ccc(CC)c(C(=O)c2ccc(CC)o2)c1. The Morgan fingerprint density at radius 1 is 1.00 bits per heavy atom. The molecular weight excluding hydrogens is 236 g/mol. The second-order valence-corrected chi connectivity index (χ2v) is 4.65. The molecule has 0 saturated heterocycles. The summed E-state index contributed by atoms with van der Waals surface area (Å²) in [5.74, 6) is 1.29. The molecule has 0 amide bonds. The average molecular weight is 256 g/mol. The molecule has 2 nitrogen and oxygen atoms in total. The van der Waals surface area contributed by atoms with Gasteiger partial charge in [0.2, 0.25) is 5.78 Å². The van der Waals surface area contributed by atoms with Crippen molar-refractivity contribution in [2.45, 2.75) is 40.0 Å². The van der Waals surface area contributed by atoms with Crippen molar-refractivity contribution in [3.8, 4) is 0 Å². The number of aryl methyl sites for hydroxylation is 3.